The molecule has 112 valence electrons. The zero-order valence-electron chi connectivity index (χ0n) is 12.2. The van der Waals surface area contributed by atoms with Gasteiger partial charge in [-0.15, -0.1) is 0 Å². The van der Waals surface area contributed by atoms with Crippen LogP contribution in [0.4, 0.5) is 0 Å². The van der Waals surface area contributed by atoms with E-state index in [4.69, 9.17) is 4.52 Å². The lowest BCUT2D eigenvalue weighted by atomic mass is 10.3. The van der Waals surface area contributed by atoms with Gasteiger partial charge < -0.3 is 9.26 Å². The molecule has 0 aliphatic heterocycles. The number of ether oxygens (including phenoxy) is 1. The van der Waals surface area contributed by atoms with Gasteiger partial charge in [0.05, 0.1) is 20.1 Å². The van der Waals surface area contributed by atoms with E-state index in [0.717, 1.165) is 6.54 Å². The number of nitrogens with zero attached hydrogens (tertiary/aromatic N) is 4. The summed E-state index contributed by atoms with van der Waals surface area (Å²) >= 11 is 0. The molecular weight excluding hydrogens is 272 g/mol. The van der Waals surface area contributed by atoms with Gasteiger partial charge in [0.2, 0.25) is 11.7 Å². The maximum absolute atomic E-state index is 11.2. The number of hydrogen-bond acceptors (Lipinski definition) is 7. The first kappa shape index (κ1) is 15.1. The number of pyridine rings is 1. The minimum absolute atomic E-state index is 0.229. The Bertz CT molecular complexity index is 571. The lowest BCUT2D eigenvalue weighted by Crippen LogP contribution is -2.26. The van der Waals surface area contributed by atoms with E-state index in [9.17, 15) is 4.79 Å². The highest BCUT2D eigenvalue weighted by Gasteiger charge is 2.13. The van der Waals surface area contributed by atoms with E-state index in [1.165, 1.54) is 7.11 Å². The molecule has 0 aliphatic carbocycles. The van der Waals surface area contributed by atoms with Gasteiger partial charge in [-0.2, -0.15) is 4.98 Å². The summed E-state index contributed by atoms with van der Waals surface area (Å²) in [6.45, 7) is 3.86. The Balaban J connectivity index is 1.96. The molecule has 2 rings (SSSR count). The van der Waals surface area contributed by atoms with Gasteiger partial charge in [0.15, 0.2) is 0 Å². The Morgan fingerprint density at radius 2 is 2.29 bits per heavy atom. The van der Waals surface area contributed by atoms with E-state index in [-0.39, 0.29) is 5.97 Å². The van der Waals surface area contributed by atoms with E-state index >= 15 is 0 Å². The van der Waals surface area contributed by atoms with Crippen LogP contribution in [-0.2, 0) is 16.1 Å². The van der Waals surface area contributed by atoms with Gasteiger partial charge >= 0.3 is 5.97 Å². The minimum atomic E-state index is -0.229. The number of carbonyl (C=O) groups is 1. The van der Waals surface area contributed by atoms with Gasteiger partial charge in [0.25, 0.3) is 0 Å². The van der Waals surface area contributed by atoms with Crippen LogP contribution in [0.15, 0.2) is 28.9 Å². The third-order valence-corrected chi connectivity index (χ3v) is 3.03. The largest absolute Gasteiger partial charge is 0.469 e. The summed E-state index contributed by atoms with van der Waals surface area (Å²) in [6, 6.07) is 5.52. The molecule has 7 heteroatoms. The maximum Gasteiger partial charge on any atom is 0.306 e. The normalized spacial score (nSPS) is 10.8. The molecule has 0 unspecified atom stereocenters. The Hall–Kier alpha value is -2.28. The SMILES string of the molecule is CCN(CCC(=O)OC)Cc1nc(-c2ccccn2)no1. The van der Waals surface area contributed by atoms with Crippen LogP contribution in [-0.4, -0.2) is 46.2 Å². The lowest BCUT2D eigenvalue weighted by Gasteiger charge is -2.16. The van der Waals surface area contributed by atoms with Crippen molar-refractivity contribution in [3.8, 4) is 11.5 Å². The molecule has 7 nitrogen and oxygen atoms in total. The molecule has 0 amide bonds. The van der Waals surface area contributed by atoms with Crippen LogP contribution in [0.5, 0.6) is 0 Å². The van der Waals surface area contributed by atoms with Crippen LogP contribution in [0.3, 0.4) is 0 Å². The van der Waals surface area contributed by atoms with Crippen LogP contribution < -0.4 is 0 Å². The molecule has 0 atom stereocenters. The van der Waals surface area contributed by atoms with Crippen LogP contribution in [0.25, 0.3) is 11.5 Å². The number of esters is 1. The fourth-order valence-electron chi connectivity index (χ4n) is 1.81. The monoisotopic (exact) mass is 290 g/mol. The Morgan fingerprint density at radius 3 is 2.95 bits per heavy atom. The van der Waals surface area contributed by atoms with E-state index in [1.54, 1.807) is 6.20 Å². The van der Waals surface area contributed by atoms with Crippen molar-refractivity contribution < 1.29 is 14.1 Å². The topological polar surface area (TPSA) is 81.4 Å². The summed E-state index contributed by atoms with van der Waals surface area (Å²) in [7, 11) is 1.38. The van der Waals surface area contributed by atoms with Crippen molar-refractivity contribution in [2.24, 2.45) is 0 Å². The lowest BCUT2D eigenvalue weighted by molar-refractivity contribution is -0.141. The summed E-state index contributed by atoms with van der Waals surface area (Å²) in [5, 5.41) is 3.92. The zero-order valence-corrected chi connectivity index (χ0v) is 12.2. The van der Waals surface area contributed by atoms with Gasteiger partial charge in [-0.3, -0.25) is 14.7 Å². The molecule has 0 bridgehead atoms. The molecule has 0 saturated carbocycles. The molecule has 0 aromatic carbocycles. The second-order valence-electron chi connectivity index (χ2n) is 4.42. The van der Waals surface area contributed by atoms with Gasteiger partial charge in [-0.25, -0.2) is 0 Å². The number of rotatable bonds is 7. The number of carbonyl (C=O) groups excluding carboxylic acids is 1. The number of methoxy groups -OCH3 is 1. The minimum Gasteiger partial charge on any atom is -0.469 e. The van der Waals surface area contributed by atoms with Gasteiger partial charge in [-0.05, 0) is 18.7 Å². The highest BCUT2D eigenvalue weighted by atomic mass is 16.5. The number of hydrogen-bond donors (Lipinski definition) is 0. The third kappa shape index (κ3) is 4.35. The van der Waals surface area contributed by atoms with E-state index < -0.39 is 0 Å². The Morgan fingerprint density at radius 1 is 1.43 bits per heavy atom. The average Bonchev–Trinajstić information content (AvgIpc) is 3.00. The fraction of sp³-hybridized carbons (Fsp3) is 0.429. The predicted molar refractivity (Wildman–Crippen MR) is 75.1 cm³/mol. The van der Waals surface area contributed by atoms with Crippen molar-refractivity contribution >= 4 is 5.97 Å². The van der Waals surface area contributed by atoms with Gasteiger partial charge in [-0.1, -0.05) is 18.1 Å². The zero-order chi connectivity index (χ0) is 15.1. The van der Waals surface area contributed by atoms with Crippen molar-refractivity contribution in [3.05, 3.63) is 30.3 Å². The Labute approximate surface area is 122 Å². The van der Waals surface area contributed by atoms with E-state index in [2.05, 4.69) is 19.9 Å². The van der Waals surface area contributed by atoms with Gasteiger partial charge in [0, 0.05) is 12.7 Å². The highest BCUT2D eigenvalue weighted by Crippen LogP contribution is 2.13. The molecule has 2 aromatic rings. The third-order valence-electron chi connectivity index (χ3n) is 3.03. The summed E-state index contributed by atoms with van der Waals surface area (Å²) in [6.07, 6.45) is 2.02. The highest BCUT2D eigenvalue weighted by molar-refractivity contribution is 5.69. The van der Waals surface area contributed by atoms with Crippen molar-refractivity contribution in [2.45, 2.75) is 19.9 Å². The molecule has 0 spiro atoms. The molecule has 0 fully saturated rings. The molecule has 0 N–H and O–H groups in total. The first-order valence-electron chi connectivity index (χ1n) is 6.76. The maximum atomic E-state index is 11.2. The van der Waals surface area contributed by atoms with E-state index in [1.807, 2.05) is 30.0 Å². The first-order valence-corrected chi connectivity index (χ1v) is 6.76. The van der Waals surface area contributed by atoms with Crippen molar-refractivity contribution in [1.82, 2.24) is 20.0 Å². The molecule has 0 saturated heterocycles. The van der Waals surface area contributed by atoms with E-state index in [0.29, 0.717) is 36.9 Å². The smallest absolute Gasteiger partial charge is 0.306 e. The van der Waals surface area contributed by atoms with Crippen molar-refractivity contribution in [2.75, 3.05) is 20.2 Å². The molecular formula is C14H18N4O3. The summed E-state index contributed by atoms with van der Waals surface area (Å²) in [4.78, 5) is 21.7. The summed E-state index contributed by atoms with van der Waals surface area (Å²) in [5.41, 5.74) is 0.671. The standard InChI is InChI=1S/C14H18N4O3/c1-3-18(9-7-13(19)20-2)10-12-16-14(17-21-12)11-6-4-5-8-15-11/h4-6,8H,3,7,9-10H2,1-2H3. The van der Waals surface area contributed by atoms with Crippen molar-refractivity contribution in [3.63, 3.8) is 0 Å². The van der Waals surface area contributed by atoms with Crippen LogP contribution in [0, 0.1) is 0 Å². The second-order valence-corrected chi connectivity index (χ2v) is 4.42. The predicted octanol–water partition coefficient (Wildman–Crippen LogP) is 1.52. The second kappa shape index (κ2) is 7.49. The van der Waals surface area contributed by atoms with Gasteiger partial charge in [0.1, 0.15) is 5.69 Å². The summed E-state index contributed by atoms with van der Waals surface area (Å²) in [5.74, 6) is 0.741. The molecule has 2 aromatic heterocycles. The first-order chi connectivity index (χ1) is 10.2. The summed E-state index contributed by atoms with van der Waals surface area (Å²) < 4.78 is 9.86. The van der Waals surface area contributed by atoms with Crippen LogP contribution in [0.1, 0.15) is 19.2 Å². The molecule has 21 heavy (non-hydrogen) atoms. The Kier molecular flexibility index (Phi) is 5.39. The van der Waals surface area contributed by atoms with Crippen molar-refractivity contribution in [1.29, 1.82) is 0 Å². The molecule has 0 aliphatic rings. The van der Waals surface area contributed by atoms with Crippen LogP contribution in [0.2, 0.25) is 0 Å². The quantitative estimate of drug-likeness (QED) is 0.715. The number of aromatic nitrogens is 3. The molecule has 0 radical (unpaired) electrons. The fourth-order valence-corrected chi connectivity index (χ4v) is 1.81. The average molecular weight is 290 g/mol. The van der Waals surface area contributed by atoms with Crippen LogP contribution >= 0.6 is 0 Å². The molecule has 2 heterocycles.